The average Bonchev–Trinajstić information content (AvgIpc) is 2.82. The molecule has 1 aliphatic carbocycles. The molecule has 1 saturated carbocycles. The molecule has 2 N–H and O–H groups in total. The Morgan fingerprint density at radius 2 is 1.84 bits per heavy atom. The Morgan fingerprint density at radius 3 is 2.50 bits per heavy atom. The van der Waals surface area contributed by atoms with E-state index in [1.165, 1.54) is 0 Å². The normalized spacial score (nSPS) is 19.4. The number of rotatable bonds is 8. The average molecular weight is 572 g/mol. The van der Waals surface area contributed by atoms with Crippen LogP contribution in [-0.2, 0) is 17.3 Å². The highest BCUT2D eigenvalue weighted by Gasteiger charge is 2.26. The van der Waals surface area contributed by atoms with Gasteiger partial charge in [0.05, 0.1) is 7.11 Å². The standard InChI is InChI=1S/C24H33N3O3S.HI/c1-4-31(28)21-9-7-8-19(16-21)27-24(25-2)26-17-18-12-14-20(15-13-18)30-23-11-6-5-10-22(23)29-3;/h5-6,10-15,19,21H,4,7-9,16-17H2,1-3H3,(H2,25,26,27);1H. The van der Waals surface area contributed by atoms with Gasteiger partial charge in [-0.2, -0.15) is 0 Å². The van der Waals surface area contributed by atoms with Crippen molar-refractivity contribution < 1.29 is 13.7 Å². The number of nitrogens with one attached hydrogen (secondary N) is 2. The lowest BCUT2D eigenvalue weighted by Crippen LogP contribution is -2.46. The van der Waals surface area contributed by atoms with Crippen molar-refractivity contribution in [2.45, 2.75) is 50.4 Å². The van der Waals surface area contributed by atoms with E-state index in [0.717, 1.165) is 48.7 Å². The Morgan fingerprint density at radius 1 is 1.12 bits per heavy atom. The summed E-state index contributed by atoms with van der Waals surface area (Å²) in [6, 6.07) is 15.9. The zero-order valence-electron chi connectivity index (χ0n) is 19.0. The van der Waals surface area contributed by atoms with E-state index in [-0.39, 0.29) is 24.0 Å². The Hall–Kier alpha value is -1.81. The molecule has 1 fully saturated rings. The monoisotopic (exact) mass is 571 g/mol. The summed E-state index contributed by atoms with van der Waals surface area (Å²) in [6.07, 6.45) is 4.20. The van der Waals surface area contributed by atoms with Gasteiger partial charge in [0.25, 0.3) is 0 Å². The predicted molar refractivity (Wildman–Crippen MR) is 143 cm³/mol. The van der Waals surface area contributed by atoms with E-state index in [1.54, 1.807) is 14.2 Å². The molecule has 0 aliphatic heterocycles. The van der Waals surface area contributed by atoms with Crippen LogP contribution in [0.25, 0.3) is 0 Å². The highest BCUT2D eigenvalue weighted by molar-refractivity contribution is 14.0. The zero-order chi connectivity index (χ0) is 22.1. The minimum absolute atomic E-state index is 0. The molecule has 0 amide bonds. The lowest BCUT2D eigenvalue weighted by Gasteiger charge is -2.30. The molecule has 6 nitrogen and oxygen atoms in total. The molecular formula is C24H34IN3O3S. The zero-order valence-corrected chi connectivity index (χ0v) is 22.2. The van der Waals surface area contributed by atoms with Crippen molar-refractivity contribution in [2.75, 3.05) is 19.9 Å². The van der Waals surface area contributed by atoms with Gasteiger partial charge in [0.15, 0.2) is 17.5 Å². The van der Waals surface area contributed by atoms with Crippen LogP contribution < -0.4 is 20.1 Å². The van der Waals surface area contributed by atoms with Gasteiger partial charge < -0.3 is 20.1 Å². The van der Waals surface area contributed by atoms with Crippen molar-refractivity contribution >= 4 is 40.7 Å². The van der Waals surface area contributed by atoms with Gasteiger partial charge in [0.1, 0.15) is 5.75 Å². The topological polar surface area (TPSA) is 72.0 Å². The Kier molecular flexibility index (Phi) is 11.3. The third kappa shape index (κ3) is 7.65. The van der Waals surface area contributed by atoms with Crippen LogP contribution in [0.1, 0.15) is 38.2 Å². The molecule has 2 aromatic rings. The fourth-order valence-electron chi connectivity index (χ4n) is 3.83. The number of hydrogen-bond acceptors (Lipinski definition) is 4. The van der Waals surface area contributed by atoms with E-state index >= 15 is 0 Å². The van der Waals surface area contributed by atoms with Gasteiger partial charge in [-0.3, -0.25) is 9.20 Å². The fourth-order valence-corrected chi connectivity index (χ4v) is 5.18. The van der Waals surface area contributed by atoms with Crippen LogP contribution in [-0.4, -0.2) is 41.4 Å². The van der Waals surface area contributed by atoms with Crippen molar-refractivity contribution in [3.05, 3.63) is 54.1 Å². The van der Waals surface area contributed by atoms with Crippen molar-refractivity contribution in [1.29, 1.82) is 0 Å². The molecule has 32 heavy (non-hydrogen) atoms. The summed E-state index contributed by atoms with van der Waals surface area (Å²) < 4.78 is 23.4. The molecule has 0 bridgehead atoms. The van der Waals surface area contributed by atoms with Gasteiger partial charge in [-0.15, -0.1) is 24.0 Å². The maximum absolute atomic E-state index is 12.2. The lowest BCUT2D eigenvalue weighted by molar-refractivity contribution is 0.379. The molecule has 0 heterocycles. The van der Waals surface area contributed by atoms with Crippen molar-refractivity contribution in [2.24, 2.45) is 4.99 Å². The van der Waals surface area contributed by atoms with Crippen LogP contribution in [0.2, 0.25) is 0 Å². The second kappa shape index (κ2) is 13.7. The highest BCUT2D eigenvalue weighted by Crippen LogP contribution is 2.30. The largest absolute Gasteiger partial charge is 0.493 e. The molecule has 0 saturated heterocycles. The first-order valence-corrected chi connectivity index (χ1v) is 12.2. The molecule has 1 aliphatic rings. The Bertz CT molecular complexity index is 892. The minimum atomic E-state index is -0.724. The van der Waals surface area contributed by atoms with Crippen molar-refractivity contribution in [3.63, 3.8) is 0 Å². The van der Waals surface area contributed by atoms with E-state index < -0.39 is 10.8 Å². The molecular weight excluding hydrogens is 537 g/mol. The molecule has 3 atom stereocenters. The summed E-state index contributed by atoms with van der Waals surface area (Å²) in [5.41, 5.74) is 1.13. The van der Waals surface area contributed by atoms with Crippen LogP contribution in [0.5, 0.6) is 17.2 Å². The quantitative estimate of drug-likeness (QED) is 0.269. The molecule has 0 radical (unpaired) electrons. The maximum Gasteiger partial charge on any atom is 0.191 e. The summed E-state index contributed by atoms with van der Waals surface area (Å²) in [6.45, 7) is 2.66. The van der Waals surface area contributed by atoms with Gasteiger partial charge in [0.2, 0.25) is 0 Å². The van der Waals surface area contributed by atoms with Gasteiger partial charge in [-0.05, 0) is 49.1 Å². The number of para-hydroxylation sites is 2. The Labute approximate surface area is 211 Å². The summed E-state index contributed by atoms with van der Waals surface area (Å²) in [4.78, 5) is 4.36. The minimum Gasteiger partial charge on any atom is -0.493 e. The smallest absolute Gasteiger partial charge is 0.191 e. The number of nitrogens with zero attached hydrogens (tertiary/aromatic N) is 1. The first-order chi connectivity index (χ1) is 15.1. The Balaban J connectivity index is 0.00000363. The summed E-state index contributed by atoms with van der Waals surface area (Å²) in [7, 11) is 2.69. The van der Waals surface area contributed by atoms with E-state index in [9.17, 15) is 4.21 Å². The second-order valence-electron chi connectivity index (χ2n) is 7.62. The molecule has 3 rings (SSSR count). The number of ether oxygens (including phenoxy) is 2. The molecule has 176 valence electrons. The van der Waals surface area contributed by atoms with Crippen LogP contribution in [0.3, 0.4) is 0 Å². The van der Waals surface area contributed by atoms with E-state index in [1.807, 2.05) is 55.5 Å². The van der Waals surface area contributed by atoms with Crippen LogP contribution in [0.15, 0.2) is 53.5 Å². The van der Waals surface area contributed by atoms with E-state index in [4.69, 9.17) is 9.47 Å². The third-order valence-electron chi connectivity index (χ3n) is 5.53. The van der Waals surface area contributed by atoms with Crippen LogP contribution in [0, 0.1) is 0 Å². The molecule has 0 aromatic heterocycles. The van der Waals surface area contributed by atoms with Crippen LogP contribution >= 0.6 is 24.0 Å². The molecule has 0 spiro atoms. The molecule has 2 aromatic carbocycles. The first-order valence-electron chi connectivity index (χ1n) is 10.9. The first kappa shape index (κ1) is 26.4. The van der Waals surface area contributed by atoms with Crippen molar-refractivity contribution in [1.82, 2.24) is 10.6 Å². The molecule has 8 heteroatoms. The van der Waals surface area contributed by atoms with Gasteiger partial charge >= 0.3 is 0 Å². The number of hydrogen-bond donors (Lipinski definition) is 2. The van der Waals surface area contributed by atoms with E-state index in [2.05, 4.69) is 15.6 Å². The van der Waals surface area contributed by atoms with Crippen LogP contribution in [0.4, 0.5) is 0 Å². The van der Waals surface area contributed by atoms with E-state index in [0.29, 0.717) is 29.3 Å². The fraction of sp³-hybridized carbons (Fsp3) is 0.458. The molecule has 3 unspecified atom stereocenters. The maximum atomic E-state index is 12.2. The predicted octanol–water partition coefficient (Wildman–Crippen LogP) is 4.85. The van der Waals surface area contributed by atoms with Crippen molar-refractivity contribution in [3.8, 4) is 17.2 Å². The van der Waals surface area contributed by atoms with Gasteiger partial charge in [0, 0.05) is 41.4 Å². The summed E-state index contributed by atoms with van der Waals surface area (Å²) in [5, 5.41) is 7.18. The number of methoxy groups -OCH3 is 1. The SMILES string of the molecule is CCS(=O)C1CCCC(NC(=NC)NCc2ccc(Oc3ccccc3OC)cc2)C1.I. The lowest BCUT2D eigenvalue weighted by atomic mass is 9.95. The van der Waals surface area contributed by atoms with Gasteiger partial charge in [-0.25, -0.2) is 0 Å². The second-order valence-corrected chi connectivity index (χ2v) is 9.63. The number of benzene rings is 2. The number of guanidine groups is 1. The summed E-state index contributed by atoms with van der Waals surface area (Å²) in [5.74, 6) is 3.67. The summed E-state index contributed by atoms with van der Waals surface area (Å²) >= 11 is 0. The van der Waals surface area contributed by atoms with Gasteiger partial charge in [-0.1, -0.05) is 37.6 Å². The third-order valence-corrected chi connectivity index (χ3v) is 7.27. The number of halogens is 1. The number of aliphatic imine (C=N–C) groups is 1. The highest BCUT2D eigenvalue weighted by atomic mass is 127.